The van der Waals surface area contributed by atoms with Gasteiger partial charge in [-0.2, -0.15) is 0 Å². The number of nitrogens with zero attached hydrogens (tertiary/aromatic N) is 1. The van der Waals surface area contributed by atoms with E-state index >= 15 is 0 Å². The summed E-state index contributed by atoms with van der Waals surface area (Å²) in [6, 6.07) is 11.0. The van der Waals surface area contributed by atoms with Gasteiger partial charge in [0, 0.05) is 5.69 Å². The molecule has 6 nitrogen and oxygen atoms in total. The first-order valence-corrected chi connectivity index (χ1v) is 10.5. The summed E-state index contributed by atoms with van der Waals surface area (Å²) in [7, 11) is -4.03. The van der Waals surface area contributed by atoms with Crippen LogP contribution in [0.4, 0.5) is 5.69 Å². The molecule has 0 saturated heterocycles. The third kappa shape index (κ3) is 2.73. The van der Waals surface area contributed by atoms with E-state index in [1.807, 2.05) is 6.92 Å². The van der Waals surface area contributed by atoms with Gasteiger partial charge < -0.3 is 10.0 Å². The second kappa shape index (κ2) is 6.15. The Morgan fingerprint density at radius 3 is 2.31 bits per heavy atom. The number of anilines is 1. The predicted molar refractivity (Wildman–Crippen MR) is 109 cm³/mol. The molecule has 2 heterocycles. The molecule has 7 heteroatoms. The zero-order valence-electron chi connectivity index (χ0n) is 16.1. The number of carbonyl (C=O) groups excluding carboxylic acids is 1. The minimum Gasteiger partial charge on any atom is -0.478 e. The van der Waals surface area contributed by atoms with E-state index in [1.165, 1.54) is 24.3 Å². The molecule has 0 saturated carbocycles. The minimum absolute atomic E-state index is 0.0667. The Morgan fingerprint density at radius 2 is 1.69 bits per heavy atom. The summed E-state index contributed by atoms with van der Waals surface area (Å²) in [6.07, 6.45) is 3.22. The largest absolute Gasteiger partial charge is 0.478 e. The number of aryl methyl sites for hydroxylation is 1. The van der Waals surface area contributed by atoms with Crippen molar-refractivity contribution >= 4 is 33.4 Å². The molecule has 148 valence electrons. The van der Waals surface area contributed by atoms with Crippen LogP contribution in [0.25, 0.3) is 6.08 Å². The van der Waals surface area contributed by atoms with Crippen LogP contribution in [0.3, 0.4) is 0 Å². The molecular formula is C22H19NO5S. The summed E-state index contributed by atoms with van der Waals surface area (Å²) in [5, 5.41) is 9.23. The van der Waals surface area contributed by atoms with E-state index in [4.69, 9.17) is 0 Å². The Bertz CT molecular complexity index is 1230. The average molecular weight is 409 g/mol. The van der Waals surface area contributed by atoms with Crippen LogP contribution in [0, 0.1) is 6.92 Å². The molecule has 0 unspecified atom stereocenters. The number of sulfone groups is 1. The highest BCUT2D eigenvalue weighted by molar-refractivity contribution is 7.96. The number of carboxylic acid groups (broad SMARTS) is 1. The number of hydrogen-bond acceptors (Lipinski definition) is 5. The zero-order chi connectivity index (χ0) is 21.1. The molecule has 2 aromatic rings. The number of Topliss-reactive ketones (excluding diaryl/α,β-unsaturated/α-hetero) is 1. The van der Waals surface area contributed by atoms with Crippen LogP contribution in [-0.4, -0.2) is 30.8 Å². The first-order valence-electron chi connectivity index (χ1n) is 9.01. The summed E-state index contributed by atoms with van der Waals surface area (Å²) >= 11 is 0. The van der Waals surface area contributed by atoms with Crippen molar-refractivity contribution in [3.63, 3.8) is 0 Å². The molecule has 1 N–H and O–H groups in total. The third-order valence-corrected chi connectivity index (χ3v) is 7.16. The number of allylic oxidation sites excluding steroid dienone is 1. The molecule has 0 spiro atoms. The molecule has 2 aliphatic rings. The standard InChI is InChI=1S/C22H19NO5S/c1-13-4-8-16(9-5-13)29(27,28)19-18-11-6-14-12-15(21(25)26)7-10-17(14)23(18)22(2,3)20(19)24/h4-12H,1-3H3,(H,25,26). The number of aromatic carboxylic acids is 1. The normalized spacial score (nSPS) is 17.3. The molecule has 0 amide bonds. The molecular weight excluding hydrogens is 390 g/mol. The van der Waals surface area contributed by atoms with Crippen molar-refractivity contribution in [3.8, 4) is 0 Å². The summed E-state index contributed by atoms with van der Waals surface area (Å²) in [5.74, 6) is -1.55. The molecule has 0 aliphatic carbocycles. The van der Waals surface area contributed by atoms with Gasteiger partial charge in [-0.3, -0.25) is 4.79 Å². The van der Waals surface area contributed by atoms with Gasteiger partial charge in [-0.15, -0.1) is 0 Å². The van der Waals surface area contributed by atoms with Gasteiger partial charge in [0.2, 0.25) is 15.6 Å². The van der Waals surface area contributed by atoms with Gasteiger partial charge in [0.15, 0.2) is 0 Å². The first-order chi connectivity index (χ1) is 13.5. The fourth-order valence-corrected chi connectivity index (χ4v) is 5.43. The van der Waals surface area contributed by atoms with Crippen molar-refractivity contribution in [2.75, 3.05) is 4.90 Å². The summed E-state index contributed by atoms with van der Waals surface area (Å²) in [5.41, 5.74) is 1.42. The van der Waals surface area contributed by atoms with Gasteiger partial charge in [0.1, 0.15) is 10.4 Å². The number of carbonyl (C=O) groups is 2. The Labute approximate surface area is 168 Å². The van der Waals surface area contributed by atoms with Crippen LogP contribution in [0.2, 0.25) is 0 Å². The maximum atomic E-state index is 13.3. The highest BCUT2D eigenvalue weighted by Gasteiger charge is 2.51. The maximum absolute atomic E-state index is 13.3. The van der Waals surface area contributed by atoms with Gasteiger partial charge in [0.25, 0.3) is 0 Å². The predicted octanol–water partition coefficient (Wildman–Crippen LogP) is 3.57. The zero-order valence-corrected chi connectivity index (χ0v) is 16.9. The summed E-state index contributed by atoms with van der Waals surface area (Å²) in [4.78, 5) is 26.0. The molecule has 2 aliphatic heterocycles. The van der Waals surface area contributed by atoms with Crippen LogP contribution in [-0.2, 0) is 14.6 Å². The lowest BCUT2D eigenvalue weighted by molar-refractivity contribution is -0.117. The molecule has 0 aromatic heterocycles. The third-order valence-electron chi connectivity index (χ3n) is 5.33. The molecule has 0 fully saturated rings. The highest BCUT2D eigenvalue weighted by Crippen LogP contribution is 2.46. The van der Waals surface area contributed by atoms with Gasteiger partial charge in [-0.25, -0.2) is 13.2 Å². The fourth-order valence-electron chi connectivity index (χ4n) is 3.77. The Morgan fingerprint density at radius 1 is 1.03 bits per heavy atom. The van der Waals surface area contributed by atoms with Crippen molar-refractivity contribution in [2.45, 2.75) is 31.2 Å². The van der Waals surface area contributed by atoms with Gasteiger partial charge >= 0.3 is 5.97 Å². The van der Waals surface area contributed by atoms with E-state index < -0.39 is 27.1 Å². The van der Waals surface area contributed by atoms with E-state index in [2.05, 4.69) is 0 Å². The van der Waals surface area contributed by atoms with Crippen molar-refractivity contribution in [2.24, 2.45) is 0 Å². The lowest BCUT2D eigenvalue weighted by Gasteiger charge is -2.36. The molecule has 0 radical (unpaired) electrons. The quantitative estimate of drug-likeness (QED) is 0.833. The van der Waals surface area contributed by atoms with Crippen LogP contribution in [0.5, 0.6) is 0 Å². The summed E-state index contributed by atoms with van der Waals surface area (Å²) in [6.45, 7) is 5.19. The van der Waals surface area contributed by atoms with Crippen LogP contribution >= 0.6 is 0 Å². The van der Waals surface area contributed by atoms with Crippen LogP contribution in [0.1, 0.15) is 35.3 Å². The number of hydrogen-bond donors (Lipinski definition) is 1. The minimum atomic E-state index is -4.03. The second-order valence-electron chi connectivity index (χ2n) is 7.67. The molecule has 2 aromatic carbocycles. The topological polar surface area (TPSA) is 91.8 Å². The van der Waals surface area contributed by atoms with Crippen molar-refractivity contribution in [1.29, 1.82) is 0 Å². The van der Waals surface area contributed by atoms with Gasteiger partial charge in [0.05, 0.1) is 16.2 Å². The monoisotopic (exact) mass is 409 g/mol. The van der Waals surface area contributed by atoms with Crippen molar-refractivity contribution in [1.82, 2.24) is 0 Å². The van der Waals surface area contributed by atoms with E-state index in [9.17, 15) is 23.1 Å². The van der Waals surface area contributed by atoms with E-state index in [0.29, 0.717) is 16.9 Å². The smallest absolute Gasteiger partial charge is 0.335 e. The highest BCUT2D eigenvalue weighted by atomic mass is 32.2. The molecule has 0 atom stereocenters. The van der Waals surface area contributed by atoms with E-state index in [1.54, 1.807) is 49.1 Å². The molecule has 29 heavy (non-hydrogen) atoms. The van der Waals surface area contributed by atoms with Crippen molar-refractivity contribution < 1.29 is 23.1 Å². The lowest BCUT2D eigenvalue weighted by Crippen LogP contribution is -2.45. The molecule has 4 rings (SSSR count). The maximum Gasteiger partial charge on any atom is 0.335 e. The number of carboxylic acids is 1. The summed E-state index contributed by atoms with van der Waals surface area (Å²) < 4.78 is 26.7. The Kier molecular flexibility index (Phi) is 4.06. The lowest BCUT2D eigenvalue weighted by atomic mass is 9.96. The number of fused-ring (bicyclic) bond motifs is 3. The number of ketones is 1. The average Bonchev–Trinajstić information content (AvgIpc) is 2.88. The van der Waals surface area contributed by atoms with Gasteiger partial charge in [-0.1, -0.05) is 23.8 Å². The van der Waals surface area contributed by atoms with E-state index in [-0.39, 0.29) is 15.4 Å². The second-order valence-corrected chi connectivity index (χ2v) is 9.55. The SMILES string of the molecule is Cc1ccc(S(=O)(=O)C2=C3C=Cc4cc(C(=O)O)ccc4N3C(C)(C)C2=O)cc1. The van der Waals surface area contributed by atoms with Crippen molar-refractivity contribution in [3.05, 3.63) is 75.8 Å². The van der Waals surface area contributed by atoms with Crippen LogP contribution < -0.4 is 4.90 Å². The first kappa shape index (κ1) is 19.1. The Balaban J connectivity index is 1.94. The Hall–Kier alpha value is -3.19. The number of rotatable bonds is 3. The van der Waals surface area contributed by atoms with Crippen LogP contribution in [0.15, 0.2) is 64.0 Å². The fraction of sp³-hybridized carbons (Fsp3) is 0.182. The molecule has 0 bridgehead atoms. The van der Waals surface area contributed by atoms with E-state index in [0.717, 1.165) is 5.56 Å². The number of benzene rings is 2. The van der Waals surface area contributed by atoms with Gasteiger partial charge in [-0.05, 0) is 62.7 Å².